The number of benzene rings is 1. The zero-order chi connectivity index (χ0) is 32.0. The lowest BCUT2D eigenvalue weighted by atomic mass is 9.65. The Morgan fingerprint density at radius 3 is 2.52 bits per heavy atom. The van der Waals surface area contributed by atoms with Crippen molar-refractivity contribution in [3.05, 3.63) is 54.1 Å². The quantitative estimate of drug-likeness (QED) is 0.176. The van der Waals surface area contributed by atoms with Crippen molar-refractivity contribution in [3.8, 4) is 5.75 Å². The minimum absolute atomic E-state index is 0.0227. The predicted octanol–water partition coefficient (Wildman–Crippen LogP) is 5.35. The number of rotatable bonds is 12. The summed E-state index contributed by atoms with van der Waals surface area (Å²) in [5, 5.41) is 12.8. The van der Waals surface area contributed by atoms with Crippen molar-refractivity contribution in [1.82, 2.24) is 5.09 Å². The molecule has 44 heavy (non-hydrogen) atoms. The third kappa shape index (κ3) is 9.29. The van der Waals surface area contributed by atoms with Gasteiger partial charge in [-0.2, -0.15) is 0 Å². The van der Waals surface area contributed by atoms with Crippen molar-refractivity contribution in [3.63, 3.8) is 0 Å². The van der Waals surface area contributed by atoms with E-state index in [1.807, 2.05) is 0 Å². The van der Waals surface area contributed by atoms with E-state index in [0.29, 0.717) is 25.7 Å². The van der Waals surface area contributed by atoms with Crippen LogP contribution in [0, 0.1) is 23.7 Å². The van der Waals surface area contributed by atoms with E-state index in [1.54, 1.807) is 44.2 Å². The van der Waals surface area contributed by atoms with Crippen LogP contribution in [0.2, 0.25) is 0 Å². The number of hydrogen-bond acceptors (Lipinski definition) is 9. The molecule has 9 atom stereocenters. The number of carbonyl (C=O) groups excluding carboxylic acids is 3. The van der Waals surface area contributed by atoms with Gasteiger partial charge in [0.2, 0.25) is 0 Å². The van der Waals surface area contributed by atoms with Gasteiger partial charge in [-0.25, -0.2) is 5.09 Å². The van der Waals surface area contributed by atoms with Gasteiger partial charge >= 0.3 is 25.4 Å². The molecular formula is C33H46NO9P. The zero-order valence-electron chi connectivity index (χ0n) is 26.2. The number of aliphatic hydroxyl groups excluding tert-OH is 1. The lowest BCUT2D eigenvalue weighted by molar-refractivity contribution is -0.161. The van der Waals surface area contributed by atoms with Crippen molar-refractivity contribution < 1.29 is 42.8 Å². The molecule has 1 heterocycles. The third-order valence-electron chi connectivity index (χ3n) is 8.36. The molecule has 242 valence electrons. The average Bonchev–Trinajstić information content (AvgIpc) is 2.92. The summed E-state index contributed by atoms with van der Waals surface area (Å²) in [6, 6.07) is 7.48. The van der Waals surface area contributed by atoms with E-state index in [-0.39, 0.29) is 54.0 Å². The number of allylic oxidation sites excluding steroid dienone is 3. The highest BCUT2D eigenvalue weighted by Gasteiger charge is 2.43. The van der Waals surface area contributed by atoms with Gasteiger partial charge in [-0.05, 0) is 75.5 Å². The monoisotopic (exact) mass is 631 g/mol. The highest BCUT2D eigenvalue weighted by Crippen LogP contribution is 2.47. The summed E-state index contributed by atoms with van der Waals surface area (Å²) in [6.45, 7) is 9.14. The van der Waals surface area contributed by atoms with Crippen molar-refractivity contribution in [1.29, 1.82) is 0 Å². The Morgan fingerprint density at radius 1 is 1.11 bits per heavy atom. The molecule has 10 nitrogen and oxygen atoms in total. The van der Waals surface area contributed by atoms with Gasteiger partial charge in [0.25, 0.3) is 0 Å². The van der Waals surface area contributed by atoms with E-state index in [4.69, 9.17) is 18.7 Å². The highest BCUT2D eigenvalue weighted by atomic mass is 31.2. The molecule has 0 saturated carbocycles. The second kappa shape index (κ2) is 14.9. The molecule has 1 aliphatic heterocycles. The molecule has 2 aliphatic carbocycles. The third-order valence-corrected chi connectivity index (χ3v) is 10.3. The van der Waals surface area contributed by atoms with Crippen molar-refractivity contribution in [2.24, 2.45) is 23.7 Å². The summed E-state index contributed by atoms with van der Waals surface area (Å²) in [7, 11) is -3.97. The first-order chi connectivity index (χ1) is 20.8. The molecule has 11 heteroatoms. The number of hydrogen-bond donors (Lipinski definition) is 2. The van der Waals surface area contributed by atoms with Gasteiger partial charge < -0.3 is 23.8 Å². The van der Waals surface area contributed by atoms with Gasteiger partial charge in [0, 0.05) is 12.3 Å². The maximum Gasteiger partial charge on any atom is 0.328 e. The van der Waals surface area contributed by atoms with Crippen LogP contribution >= 0.6 is 7.52 Å². The Balaban J connectivity index is 1.50. The smallest absolute Gasteiger partial charge is 0.328 e. The molecule has 0 aromatic heterocycles. The molecule has 3 aliphatic rings. The van der Waals surface area contributed by atoms with Crippen LogP contribution in [-0.4, -0.2) is 59.6 Å². The first kappa shape index (κ1) is 33.9. The van der Waals surface area contributed by atoms with E-state index in [0.717, 1.165) is 5.57 Å². The molecule has 0 bridgehead atoms. The van der Waals surface area contributed by atoms with Crippen LogP contribution in [0.4, 0.5) is 0 Å². The first-order valence-electron chi connectivity index (χ1n) is 15.6. The number of esters is 3. The highest BCUT2D eigenvalue weighted by molar-refractivity contribution is 7.58. The summed E-state index contributed by atoms with van der Waals surface area (Å²) in [6.07, 6.45) is 6.36. The maximum absolute atomic E-state index is 14.1. The second-order valence-corrected chi connectivity index (χ2v) is 14.8. The number of nitrogens with one attached hydrogen (secondary N) is 1. The van der Waals surface area contributed by atoms with Crippen molar-refractivity contribution in [2.45, 2.75) is 97.2 Å². The molecule has 0 amide bonds. The van der Waals surface area contributed by atoms with Gasteiger partial charge in [-0.3, -0.25) is 18.9 Å². The predicted molar refractivity (Wildman–Crippen MR) is 165 cm³/mol. The Hall–Kier alpha value is -2.94. The summed E-state index contributed by atoms with van der Waals surface area (Å²) in [5.74, 6) is -1.05. The molecule has 0 spiro atoms. The van der Waals surface area contributed by atoms with E-state index >= 15 is 0 Å². The number of para-hydroxylation sites is 1. The van der Waals surface area contributed by atoms with Crippen LogP contribution in [0.3, 0.4) is 0 Å². The van der Waals surface area contributed by atoms with Crippen molar-refractivity contribution >= 4 is 25.4 Å². The van der Waals surface area contributed by atoms with Crippen molar-refractivity contribution in [2.75, 3.05) is 6.16 Å². The molecule has 2 N–H and O–H groups in total. The SMILES string of the molecule is CC(C)OC(=O)[C@H](C)NP(=O)(CC(=O)O[C@H]1C[C@@H](C)C=C2C=C[C@H](C)[C@H](CC[C@@H]3C[C@@H](O)CC(=O)O3)[C@H]21)Oc1ccccc1. The average molecular weight is 632 g/mol. The van der Waals surface area contributed by atoms with Gasteiger partial charge in [-0.15, -0.1) is 0 Å². The van der Waals surface area contributed by atoms with Crippen LogP contribution < -0.4 is 9.61 Å². The maximum atomic E-state index is 14.1. The zero-order valence-corrected chi connectivity index (χ0v) is 27.1. The van der Waals surface area contributed by atoms with Crippen LogP contribution in [0.1, 0.15) is 66.7 Å². The summed E-state index contributed by atoms with van der Waals surface area (Å²) in [5.41, 5.74) is 1.09. The van der Waals surface area contributed by atoms with Gasteiger partial charge in [-0.1, -0.05) is 50.3 Å². The van der Waals surface area contributed by atoms with Gasteiger partial charge in [0.05, 0.1) is 18.6 Å². The number of fused-ring (bicyclic) bond motifs is 1. The summed E-state index contributed by atoms with van der Waals surface area (Å²) >= 11 is 0. The fourth-order valence-corrected chi connectivity index (χ4v) is 8.23. The molecule has 0 radical (unpaired) electrons. The lowest BCUT2D eigenvalue weighted by Crippen LogP contribution is -2.42. The molecule has 1 unspecified atom stereocenters. The molecule has 1 saturated heterocycles. The topological polar surface area (TPSA) is 137 Å². The Bertz CT molecular complexity index is 1280. The Morgan fingerprint density at radius 2 is 1.84 bits per heavy atom. The largest absolute Gasteiger partial charge is 0.462 e. The summed E-state index contributed by atoms with van der Waals surface area (Å²) < 4.78 is 36.8. The molecule has 1 aromatic carbocycles. The molecule has 1 aromatic rings. The number of cyclic esters (lactones) is 1. The van der Waals surface area contributed by atoms with Gasteiger partial charge in [0.1, 0.15) is 30.2 Å². The van der Waals surface area contributed by atoms with Crippen LogP contribution in [-0.2, 0) is 33.2 Å². The minimum atomic E-state index is -3.97. The number of aliphatic hydroxyl groups is 1. The molecular weight excluding hydrogens is 585 g/mol. The Kier molecular flexibility index (Phi) is 11.5. The van der Waals surface area contributed by atoms with Crippen LogP contribution in [0.15, 0.2) is 54.1 Å². The fraction of sp³-hybridized carbons (Fsp3) is 0.606. The first-order valence-corrected chi connectivity index (χ1v) is 17.4. The normalized spacial score (nSPS) is 30.3. The van der Waals surface area contributed by atoms with Crippen LogP contribution in [0.5, 0.6) is 5.75 Å². The number of carbonyl (C=O) groups is 3. The molecule has 4 rings (SSSR count). The fourth-order valence-electron chi connectivity index (χ4n) is 6.45. The van der Waals surface area contributed by atoms with E-state index in [2.05, 4.69) is 37.2 Å². The van der Waals surface area contributed by atoms with E-state index in [1.165, 1.54) is 6.92 Å². The standard InChI is InChI=1S/C33H46NO9P/c1-20(2)40-33(38)23(5)34-44(39,43-26-9-7-6-8-10-26)19-31(37)42-29-16-21(3)15-24-12-11-22(4)28(32(24)29)14-13-27-17-25(35)18-30(36)41-27/h6-12,15,20-23,25,27-29,32,35H,13-14,16-19H2,1-5H3,(H,34,39)/t21-,22-,23-,25+,27+,28-,29-,32-,44?/m0/s1. The van der Waals surface area contributed by atoms with E-state index < -0.39 is 43.9 Å². The molecule has 1 fully saturated rings. The van der Waals surface area contributed by atoms with Crippen LogP contribution in [0.25, 0.3) is 0 Å². The number of ether oxygens (including phenoxy) is 3. The second-order valence-electron chi connectivity index (χ2n) is 12.7. The van der Waals surface area contributed by atoms with Gasteiger partial charge in [0.15, 0.2) is 0 Å². The Labute approximate surface area is 260 Å². The summed E-state index contributed by atoms with van der Waals surface area (Å²) in [4.78, 5) is 38.0. The van der Waals surface area contributed by atoms with E-state index in [9.17, 15) is 24.1 Å². The lowest BCUT2D eigenvalue weighted by Gasteiger charge is -2.43. The minimum Gasteiger partial charge on any atom is -0.462 e.